The number of carbonyl (C=O) groups excluding carboxylic acids is 2. The van der Waals surface area contributed by atoms with Gasteiger partial charge in [0.05, 0.1) is 27.1 Å². The van der Waals surface area contributed by atoms with E-state index >= 15 is 0 Å². The van der Waals surface area contributed by atoms with Gasteiger partial charge >= 0.3 is 5.97 Å². The Hall–Kier alpha value is -3.37. The fourth-order valence-corrected chi connectivity index (χ4v) is 5.39. The Kier molecular flexibility index (Phi) is 8.50. The number of thioether (sulfide) groups is 1. The number of amides is 2. The fraction of sp³-hybridized carbons (Fsp3) is 0.0769. The molecule has 0 saturated heterocycles. The van der Waals surface area contributed by atoms with Crippen molar-refractivity contribution in [2.45, 2.75) is 17.1 Å². The van der Waals surface area contributed by atoms with E-state index < -0.39 is 17.1 Å². The van der Waals surface area contributed by atoms with E-state index in [1.165, 1.54) is 35.2 Å². The number of aromatic carboxylic acids is 1. The summed E-state index contributed by atoms with van der Waals surface area (Å²) in [7, 11) is 0. The third-order valence-corrected chi connectivity index (χ3v) is 7.56. The van der Waals surface area contributed by atoms with E-state index in [4.69, 9.17) is 23.2 Å². The number of anilines is 2. The number of carboxylic acids is 1. The molecule has 7 nitrogen and oxygen atoms in total. The Labute approximate surface area is 230 Å². The van der Waals surface area contributed by atoms with Crippen molar-refractivity contribution in [2.24, 2.45) is 0 Å². The average Bonchev–Trinajstić information content (AvgIpc) is 3.33. The molecule has 1 unspecified atom stereocenters. The number of aromatic nitrogens is 1. The lowest BCUT2D eigenvalue weighted by atomic mass is 10.1. The number of hydrogen-bond donors (Lipinski definition) is 3. The zero-order valence-corrected chi connectivity index (χ0v) is 22.3. The van der Waals surface area contributed by atoms with Gasteiger partial charge in [0.1, 0.15) is 0 Å². The van der Waals surface area contributed by atoms with Gasteiger partial charge in [0, 0.05) is 26.5 Å². The van der Waals surface area contributed by atoms with Crippen LogP contribution >= 0.6 is 46.3 Å². The van der Waals surface area contributed by atoms with E-state index in [0.29, 0.717) is 26.6 Å². The fourth-order valence-electron chi connectivity index (χ4n) is 3.30. The van der Waals surface area contributed by atoms with Crippen LogP contribution in [-0.2, 0) is 4.79 Å². The average molecular weight is 572 g/mol. The molecule has 188 valence electrons. The van der Waals surface area contributed by atoms with Crippen LogP contribution in [-0.4, -0.2) is 33.1 Å². The highest BCUT2D eigenvalue weighted by Crippen LogP contribution is 2.33. The van der Waals surface area contributed by atoms with Crippen molar-refractivity contribution in [2.75, 3.05) is 10.6 Å². The summed E-state index contributed by atoms with van der Waals surface area (Å²) in [6.07, 6.45) is 0. The highest BCUT2D eigenvalue weighted by atomic mass is 35.5. The van der Waals surface area contributed by atoms with Crippen LogP contribution in [0.4, 0.5) is 10.8 Å². The first kappa shape index (κ1) is 26.7. The highest BCUT2D eigenvalue weighted by Gasteiger charge is 2.18. The number of carboxylic acid groups (broad SMARTS) is 1. The van der Waals surface area contributed by atoms with Crippen LogP contribution in [0, 0.1) is 0 Å². The maximum absolute atomic E-state index is 12.7. The first-order chi connectivity index (χ1) is 17.7. The van der Waals surface area contributed by atoms with E-state index in [-0.39, 0.29) is 17.0 Å². The Morgan fingerprint density at radius 2 is 1.68 bits per heavy atom. The summed E-state index contributed by atoms with van der Waals surface area (Å²) in [4.78, 5) is 41.9. The van der Waals surface area contributed by atoms with Crippen molar-refractivity contribution in [1.82, 2.24) is 4.98 Å². The minimum Gasteiger partial charge on any atom is -0.478 e. The van der Waals surface area contributed by atoms with Crippen LogP contribution in [0.3, 0.4) is 0 Å². The van der Waals surface area contributed by atoms with Crippen LogP contribution in [0.1, 0.15) is 27.6 Å². The lowest BCUT2D eigenvalue weighted by Crippen LogP contribution is -2.22. The summed E-state index contributed by atoms with van der Waals surface area (Å²) < 4.78 is 0. The first-order valence-electron chi connectivity index (χ1n) is 10.8. The normalized spacial score (nSPS) is 11.5. The molecule has 1 atom stereocenters. The van der Waals surface area contributed by atoms with E-state index in [1.807, 2.05) is 5.38 Å². The van der Waals surface area contributed by atoms with Crippen molar-refractivity contribution in [3.8, 4) is 11.3 Å². The number of nitrogens with one attached hydrogen (secondary N) is 2. The van der Waals surface area contributed by atoms with Crippen molar-refractivity contribution in [3.05, 3.63) is 93.3 Å². The molecule has 3 aromatic carbocycles. The Morgan fingerprint density at radius 1 is 0.973 bits per heavy atom. The molecule has 0 saturated carbocycles. The molecule has 4 rings (SSSR count). The second-order valence-corrected chi connectivity index (χ2v) is 10.9. The minimum absolute atomic E-state index is 0.0717. The van der Waals surface area contributed by atoms with Gasteiger partial charge in [-0.05, 0) is 61.5 Å². The number of rotatable bonds is 8. The first-order valence-corrected chi connectivity index (χ1v) is 13.3. The van der Waals surface area contributed by atoms with Crippen molar-refractivity contribution in [1.29, 1.82) is 0 Å². The van der Waals surface area contributed by atoms with Gasteiger partial charge in [-0.1, -0.05) is 35.3 Å². The summed E-state index contributed by atoms with van der Waals surface area (Å²) in [6, 6.07) is 18.1. The molecule has 3 N–H and O–H groups in total. The summed E-state index contributed by atoms with van der Waals surface area (Å²) in [5.74, 6) is -1.91. The SMILES string of the molecule is CC(Sc1ccc(NC(=O)c2ccccc2C(=O)O)cc1)C(=O)Nc1nc(-c2ccc(Cl)cc2Cl)cs1. The summed E-state index contributed by atoms with van der Waals surface area (Å²) in [6.45, 7) is 1.78. The Balaban J connectivity index is 1.35. The molecule has 0 bridgehead atoms. The van der Waals surface area contributed by atoms with Gasteiger partial charge in [-0.3, -0.25) is 9.59 Å². The van der Waals surface area contributed by atoms with Crippen LogP contribution < -0.4 is 10.6 Å². The lowest BCUT2D eigenvalue weighted by molar-refractivity contribution is -0.115. The van der Waals surface area contributed by atoms with Gasteiger partial charge in [0.25, 0.3) is 5.91 Å². The molecular formula is C26H19Cl2N3O4S2. The number of carbonyl (C=O) groups is 3. The lowest BCUT2D eigenvalue weighted by Gasteiger charge is -2.12. The molecule has 0 fully saturated rings. The Bertz CT molecular complexity index is 1470. The molecule has 0 aliphatic rings. The molecule has 4 aromatic rings. The maximum atomic E-state index is 12.7. The number of benzene rings is 3. The molecule has 0 aliphatic carbocycles. The van der Waals surface area contributed by atoms with Gasteiger partial charge < -0.3 is 15.7 Å². The topological polar surface area (TPSA) is 108 Å². The third-order valence-electron chi connectivity index (χ3n) is 5.14. The van der Waals surface area contributed by atoms with Crippen LogP contribution in [0.15, 0.2) is 77.0 Å². The standard InChI is InChI=1S/C26H19Cl2N3O4S2/c1-14(23(32)31-26-30-22(13-36-26)20-11-6-15(27)12-21(20)28)37-17-9-7-16(8-10-17)29-24(33)18-4-2-3-5-19(18)25(34)35/h2-14H,1H3,(H,29,33)(H,34,35)(H,30,31,32). The highest BCUT2D eigenvalue weighted by molar-refractivity contribution is 8.00. The van der Waals surface area contributed by atoms with Gasteiger partial charge in [-0.2, -0.15) is 0 Å². The number of thiazole rings is 1. The quantitative estimate of drug-likeness (QED) is 0.193. The van der Waals surface area contributed by atoms with Crippen LogP contribution in [0.5, 0.6) is 0 Å². The molecule has 0 aliphatic heterocycles. The molecule has 37 heavy (non-hydrogen) atoms. The zero-order valence-electron chi connectivity index (χ0n) is 19.2. The van der Waals surface area contributed by atoms with E-state index in [2.05, 4.69) is 15.6 Å². The van der Waals surface area contributed by atoms with Gasteiger partial charge in [-0.25, -0.2) is 9.78 Å². The van der Waals surface area contributed by atoms with Crippen LogP contribution in [0.25, 0.3) is 11.3 Å². The largest absolute Gasteiger partial charge is 0.478 e. The van der Waals surface area contributed by atoms with Gasteiger partial charge in [-0.15, -0.1) is 23.1 Å². The zero-order chi connectivity index (χ0) is 26.5. The summed E-state index contributed by atoms with van der Waals surface area (Å²) >= 11 is 14.8. The minimum atomic E-state index is -1.17. The molecule has 2 amide bonds. The van der Waals surface area contributed by atoms with E-state index in [0.717, 1.165) is 10.5 Å². The molecule has 0 spiro atoms. The van der Waals surface area contributed by atoms with Gasteiger partial charge in [0.15, 0.2) is 5.13 Å². The van der Waals surface area contributed by atoms with Crippen LogP contribution in [0.2, 0.25) is 10.0 Å². The molecule has 1 heterocycles. The predicted molar refractivity (Wildman–Crippen MR) is 149 cm³/mol. The van der Waals surface area contributed by atoms with Crippen molar-refractivity contribution < 1.29 is 19.5 Å². The third kappa shape index (κ3) is 6.69. The number of hydrogen-bond acceptors (Lipinski definition) is 6. The van der Waals surface area contributed by atoms with Gasteiger partial charge in [0.2, 0.25) is 5.91 Å². The van der Waals surface area contributed by atoms with Crippen molar-refractivity contribution >= 4 is 74.9 Å². The summed E-state index contributed by atoms with van der Waals surface area (Å²) in [5, 5.41) is 17.7. The molecule has 1 aromatic heterocycles. The van der Waals surface area contributed by atoms with E-state index in [1.54, 1.807) is 61.5 Å². The Morgan fingerprint density at radius 3 is 2.35 bits per heavy atom. The second kappa shape index (κ2) is 11.8. The predicted octanol–water partition coefficient (Wildman–Crippen LogP) is 7.19. The smallest absolute Gasteiger partial charge is 0.336 e. The summed E-state index contributed by atoms with van der Waals surface area (Å²) in [5.41, 5.74) is 1.87. The number of halogens is 2. The molecule has 0 radical (unpaired) electrons. The monoisotopic (exact) mass is 571 g/mol. The van der Waals surface area contributed by atoms with E-state index in [9.17, 15) is 19.5 Å². The maximum Gasteiger partial charge on any atom is 0.336 e. The number of nitrogens with zero attached hydrogens (tertiary/aromatic N) is 1. The molecular weight excluding hydrogens is 553 g/mol. The second-order valence-electron chi connectivity index (χ2n) is 7.74. The van der Waals surface area contributed by atoms with Crippen molar-refractivity contribution in [3.63, 3.8) is 0 Å². The molecule has 11 heteroatoms.